The van der Waals surface area contributed by atoms with Gasteiger partial charge in [0.15, 0.2) is 0 Å². The third-order valence-corrected chi connectivity index (χ3v) is 16.2. The van der Waals surface area contributed by atoms with Crippen molar-refractivity contribution in [3.63, 3.8) is 0 Å². The summed E-state index contributed by atoms with van der Waals surface area (Å²) in [5.41, 5.74) is 14.0. The molecule has 0 saturated heterocycles. The van der Waals surface area contributed by atoms with Crippen LogP contribution in [0.25, 0.3) is 86.2 Å². The van der Waals surface area contributed by atoms with Crippen LogP contribution in [0.1, 0.15) is 61.2 Å². The molecule has 0 saturated carbocycles. The summed E-state index contributed by atoms with van der Waals surface area (Å²) in [5.74, 6) is -0.146. The highest BCUT2D eigenvalue weighted by Gasteiger charge is 2.04. The van der Waals surface area contributed by atoms with Gasteiger partial charge in [0.2, 0.25) is 0 Å². The molecule has 16 rings (SSSR count). The molecular weight excluding hydrogens is 1110 g/mol. The Labute approximate surface area is 546 Å². The lowest BCUT2D eigenvalue weighted by atomic mass is 9.98. The van der Waals surface area contributed by atoms with E-state index >= 15 is 0 Å². The Morgan fingerprint density at radius 1 is 0.152 bits per heavy atom. The molecule has 0 aliphatic heterocycles. The van der Waals surface area contributed by atoms with Gasteiger partial charge in [0.1, 0.15) is 5.82 Å². The van der Waals surface area contributed by atoms with Crippen LogP contribution < -0.4 is 0 Å². The van der Waals surface area contributed by atoms with E-state index in [-0.39, 0.29) is 5.82 Å². The topological polar surface area (TPSA) is 0 Å². The minimum absolute atomic E-state index is 0.146. The molecule has 92 heavy (non-hydrogen) atoms. The Bertz CT molecular complexity index is 4930. The van der Waals surface area contributed by atoms with Gasteiger partial charge in [0.05, 0.1) is 0 Å². The van der Waals surface area contributed by atoms with Crippen LogP contribution in [0, 0.1) is 82.0 Å². The van der Waals surface area contributed by atoms with Gasteiger partial charge in [0.25, 0.3) is 0 Å². The standard InChI is InChI=1S/3C15H12.2C11H10.C8H9F.2C8H10/c1-11-10-12-6-2-3-8-14(12)15-9-5-4-7-13(11)15;1-11-6-9-15-13(10-11)8-7-12-4-2-3-5-14(12)15;1-11-6-7-13-9-8-12-4-2-3-5-14(12)15(13)10-11;1-9-5-4-7-10-6-2-3-8-11(9)10;1-9-6-7-10-4-2-3-5-11(10)8-9;1-6-3-7(2)5-8(9)4-6;2*1-7-4-3-5-8(2)6-7/h3*2-10H,1H3;2*2-8H,1H3;3-5H,1-2H3;2*3-6H,1-2H3. The zero-order valence-electron chi connectivity index (χ0n) is 55.4. The second kappa shape index (κ2) is 32.3. The summed E-state index contributed by atoms with van der Waals surface area (Å²) in [6.07, 6.45) is 0. The van der Waals surface area contributed by atoms with Crippen LogP contribution in [0.3, 0.4) is 0 Å². The maximum Gasteiger partial charge on any atom is 0.123 e. The van der Waals surface area contributed by atoms with E-state index in [2.05, 4.69) is 360 Å². The molecule has 0 nitrogen and oxygen atoms in total. The maximum absolute atomic E-state index is 12.4. The molecule has 0 amide bonds. The first kappa shape index (κ1) is 66.0. The number of fused-ring (bicyclic) bond motifs is 11. The molecule has 0 N–H and O–H groups in total. The predicted octanol–water partition coefficient (Wildman–Crippen LogP) is 26.3. The van der Waals surface area contributed by atoms with Crippen LogP contribution >= 0.6 is 0 Å². The van der Waals surface area contributed by atoms with Crippen molar-refractivity contribution in [3.8, 4) is 0 Å². The van der Waals surface area contributed by atoms with Gasteiger partial charge >= 0.3 is 0 Å². The minimum atomic E-state index is -0.146. The highest BCUT2D eigenvalue weighted by Crippen LogP contribution is 2.30. The SMILES string of the molecule is Cc1cc(C)cc(F)c1.Cc1cc2ccccc2c2ccccc12.Cc1ccc2c(ccc3ccccc32)c1.Cc1ccc2ccc3ccccc3c2c1.Cc1ccc2ccccc2c1.Cc1cccc(C)c1.Cc1cccc(C)c1.Cc1cccc2ccccc12. The Hall–Kier alpha value is -10.5. The van der Waals surface area contributed by atoms with Gasteiger partial charge in [0, 0.05) is 0 Å². The number of hydrogen-bond donors (Lipinski definition) is 0. The number of rotatable bonds is 0. The van der Waals surface area contributed by atoms with Crippen LogP contribution in [0.2, 0.25) is 0 Å². The Morgan fingerprint density at radius 3 is 0.967 bits per heavy atom. The highest BCUT2D eigenvalue weighted by atomic mass is 19.1. The average Bonchev–Trinajstić information content (AvgIpc) is 0.831. The molecule has 1 heteroatoms. The summed E-state index contributed by atoms with van der Waals surface area (Å²) in [6, 6.07) is 110. The first-order valence-electron chi connectivity index (χ1n) is 31.9. The molecule has 0 fully saturated rings. The predicted molar refractivity (Wildman–Crippen MR) is 404 cm³/mol. The summed E-state index contributed by atoms with van der Waals surface area (Å²) in [6.45, 7) is 22.9. The molecule has 0 aliphatic carbocycles. The molecule has 0 bridgehead atoms. The number of aryl methyl sites for hydroxylation is 11. The molecule has 456 valence electrons. The fourth-order valence-electron chi connectivity index (χ4n) is 11.7. The first-order valence-corrected chi connectivity index (χ1v) is 31.9. The van der Waals surface area contributed by atoms with Crippen LogP contribution in [0.4, 0.5) is 4.39 Å². The molecule has 0 aliphatic rings. The lowest BCUT2D eigenvalue weighted by Crippen LogP contribution is -1.81. The van der Waals surface area contributed by atoms with E-state index < -0.39 is 0 Å². The third kappa shape index (κ3) is 18.6. The van der Waals surface area contributed by atoms with E-state index in [0.717, 1.165) is 11.1 Å². The van der Waals surface area contributed by atoms with Crippen LogP contribution in [0.15, 0.2) is 315 Å². The number of benzene rings is 16. The van der Waals surface area contributed by atoms with E-state index in [4.69, 9.17) is 0 Å². The van der Waals surface area contributed by atoms with Crippen molar-refractivity contribution in [1.29, 1.82) is 0 Å². The van der Waals surface area contributed by atoms with Gasteiger partial charge in [-0.1, -0.05) is 342 Å². The van der Waals surface area contributed by atoms with Gasteiger partial charge in [-0.05, 0) is 197 Å². The van der Waals surface area contributed by atoms with Crippen LogP contribution in [-0.2, 0) is 0 Å². The molecule has 0 radical (unpaired) electrons. The number of halogens is 1. The quantitative estimate of drug-likeness (QED) is 0.133. The van der Waals surface area contributed by atoms with Gasteiger partial charge in [-0.2, -0.15) is 0 Å². The lowest BCUT2D eigenvalue weighted by Gasteiger charge is -2.06. The van der Waals surface area contributed by atoms with E-state index in [9.17, 15) is 4.39 Å². The van der Waals surface area contributed by atoms with Crippen molar-refractivity contribution in [2.24, 2.45) is 0 Å². The van der Waals surface area contributed by atoms with Crippen molar-refractivity contribution in [2.45, 2.75) is 76.2 Å². The fourth-order valence-corrected chi connectivity index (χ4v) is 11.7. The maximum atomic E-state index is 12.4. The largest absolute Gasteiger partial charge is 0.207 e. The van der Waals surface area contributed by atoms with Crippen molar-refractivity contribution < 1.29 is 4.39 Å². The Balaban J connectivity index is 0.000000126. The Kier molecular flexibility index (Phi) is 23.2. The Morgan fingerprint density at radius 2 is 0.457 bits per heavy atom. The van der Waals surface area contributed by atoms with Gasteiger partial charge in [-0.15, -0.1) is 0 Å². The lowest BCUT2D eigenvalue weighted by molar-refractivity contribution is 0.625. The normalized spacial score (nSPS) is 10.4. The van der Waals surface area contributed by atoms with Crippen molar-refractivity contribution in [3.05, 3.63) is 382 Å². The minimum Gasteiger partial charge on any atom is -0.207 e. The first-order chi connectivity index (χ1) is 44.5. The monoisotopic (exact) mass is 1200 g/mol. The van der Waals surface area contributed by atoms with Gasteiger partial charge in [-0.3, -0.25) is 0 Å². The van der Waals surface area contributed by atoms with Crippen molar-refractivity contribution in [1.82, 2.24) is 0 Å². The summed E-state index contributed by atoms with van der Waals surface area (Å²) in [7, 11) is 0. The molecule has 16 aromatic rings. The second-order valence-electron chi connectivity index (χ2n) is 24.3. The molecule has 0 spiro atoms. The zero-order valence-corrected chi connectivity index (χ0v) is 55.4. The van der Waals surface area contributed by atoms with E-state index in [1.54, 1.807) is 0 Å². The summed E-state index contributed by atoms with van der Waals surface area (Å²) in [5, 5.41) is 21.4. The van der Waals surface area contributed by atoms with E-state index in [0.29, 0.717) is 0 Å². The van der Waals surface area contributed by atoms with Crippen LogP contribution in [0.5, 0.6) is 0 Å². The highest BCUT2D eigenvalue weighted by molar-refractivity contribution is 6.10. The van der Waals surface area contributed by atoms with E-state index in [1.165, 1.54) is 148 Å². The van der Waals surface area contributed by atoms with Gasteiger partial charge < -0.3 is 0 Å². The molecule has 0 atom stereocenters. The molecule has 16 aromatic carbocycles. The van der Waals surface area contributed by atoms with Crippen molar-refractivity contribution in [2.75, 3.05) is 0 Å². The molecule has 0 aromatic heterocycles. The molecule has 0 heterocycles. The number of hydrogen-bond acceptors (Lipinski definition) is 0. The van der Waals surface area contributed by atoms with E-state index in [1.807, 2.05) is 19.9 Å². The molecule has 0 unspecified atom stereocenters. The smallest absolute Gasteiger partial charge is 0.123 e. The molecular formula is C91H85F. The van der Waals surface area contributed by atoms with Gasteiger partial charge in [-0.25, -0.2) is 4.39 Å². The van der Waals surface area contributed by atoms with Crippen LogP contribution in [-0.4, -0.2) is 0 Å². The zero-order chi connectivity index (χ0) is 64.9. The van der Waals surface area contributed by atoms with Crippen molar-refractivity contribution >= 4 is 86.2 Å². The summed E-state index contributed by atoms with van der Waals surface area (Å²) < 4.78 is 12.4. The summed E-state index contributed by atoms with van der Waals surface area (Å²) >= 11 is 0. The second-order valence-corrected chi connectivity index (χ2v) is 24.3. The third-order valence-electron chi connectivity index (χ3n) is 16.2. The fraction of sp³-hybridized carbons (Fsp3) is 0.121. The summed E-state index contributed by atoms with van der Waals surface area (Å²) in [4.78, 5) is 0. The average molecular weight is 1200 g/mol.